The number of benzene rings is 1. The zero-order chi connectivity index (χ0) is 17.4. The van der Waals surface area contributed by atoms with E-state index in [0.717, 1.165) is 18.4 Å². The van der Waals surface area contributed by atoms with Gasteiger partial charge in [-0.05, 0) is 24.8 Å². The van der Waals surface area contributed by atoms with Crippen LogP contribution in [-0.4, -0.2) is 56.4 Å². The van der Waals surface area contributed by atoms with Crippen LogP contribution in [0.15, 0.2) is 30.3 Å². The van der Waals surface area contributed by atoms with Crippen molar-refractivity contribution in [1.29, 1.82) is 0 Å². The number of amides is 1. The van der Waals surface area contributed by atoms with Gasteiger partial charge in [0.1, 0.15) is 0 Å². The largest absolute Gasteiger partial charge is 0.455 e. The van der Waals surface area contributed by atoms with E-state index in [2.05, 4.69) is 0 Å². The molecule has 130 valence electrons. The fourth-order valence-corrected chi connectivity index (χ4v) is 4.92. The number of likely N-dealkylation sites (N-methyl/N-ethyl adjacent to an activating group) is 1. The third-order valence-electron chi connectivity index (χ3n) is 4.94. The van der Waals surface area contributed by atoms with Crippen LogP contribution in [0.5, 0.6) is 0 Å². The summed E-state index contributed by atoms with van der Waals surface area (Å²) in [5, 5.41) is 0. The van der Waals surface area contributed by atoms with Crippen LogP contribution in [0.1, 0.15) is 24.8 Å². The second kappa shape index (κ2) is 6.20. The lowest BCUT2D eigenvalue weighted by molar-refractivity contribution is -0.154. The first-order valence-electron chi connectivity index (χ1n) is 8.03. The lowest BCUT2D eigenvalue weighted by Crippen LogP contribution is -2.41. The lowest BCUT2D eigenvalue weighted by atomic mass is 9.96. The van der Waals surface area contributed by atoms with Crippen molar-refractivity contribution in [2.75, 3.05) is 25.2 Å². The highest BCUT2D eigenvalue weighted by Crippen LogP contribution is 2.49. The van der Waals surface area contributed by atoms with Crippen LogP contribution in [0.2, 0.25) is 0 Å². The third-order valence-corrected chi connectivity index (χ3v) is 6.69. The van der Waals surface area contributed by atoms with Crippen LogP contribution in [0, 0.1) is 0 Å². The number of ether oxygens (including phenoxy) is 1. The molecule has 0 unspecified atom stereocenters. The number of sulfone groups is 1. The molecule has 1 atom stereocenters. The summed E-state index contributed by atoms with van der Waals surface area (Å²) in [4.78, 5) is 26.0. The molecule has 2 fully saturated rings. The number of nitrogens with zero attached hydrogens (tertiary/aromatic N) is 1. The average molecular weight is 351 g/mol. The van der Waals surface area contributed by atoms with Crippen LogP contribution < -0.4 is 0 Å². The number of carbonyl (C=O) groups is 2. The van der Waals surface area contributed by atoms with E-state index in [0.29, 0.717) is 6.42 Å². The SMILES string of the molecule is CN(C(=O)COC(=O)C1(c2ccccc2)CC1)[C@H]1CCS(=O)(=O)C1. The van der Waals surface area contributed by atoms with Crippen molar-refractivity contribution < 1.29 is 22.7 Å². The Morgan fingerprint density at radius 3 is 2.46 bits per heavy atom. The number of carbonyl (C=O) groups excluding carboxylic acids is 2. The van der Waals surface area contributed by atoms with Crippen LogP contribution in [0.4, 0.5) is 0 Å². The zero-order valence-electron chi connectivity index (χ0n) is 13.6. The maximum absolute atomic E-state index is 12.4. The van der Waals surface area contributed by atoms with Crippen molar-refractivity contribution in [3.63, 3.8) is 0 Å². The minimum absolute atomic E-state index is 0.0167. The summed E-state index contributed by atoms with van der Waals surface area (Å²) >= 11 is 0. The molecule has 1 heterocycles. The average Bonchev–Trinajstić information content (AvgIpc) is 3.31. The van der Waals surface area contributed by atoms with Gasteiger partial charge in [0.2, 0.25) is 0 Å². The molecule has 0 spiro atoms. The molecule has 1 amide bonds. The fraction of sp³-hybridized carbons (Fsp3) is 0.529. The molecule has 0 radical (unpaired) electrons. The van der Waals surface area contributed by atoms with Gasteiger partial charge in [0, 0.05) is 13.1 Å². The Morgan fingerprint density at radius 1 is 1.25 bits per heavy atom. The summed E-state index contributed by atoms with van der Waals surface area (Å²) in [6.07, 6.45) is 1.88. The molecule has 1 aliphatic carbocycles. The van der Waals surface area contributed by atoms with Gasteiger partial charge in [-0.15, -0.1) is 0 Å². The predicted molar refractivity (Wildman–Crippen MR) is 88.1 cm³/mol. The van der Waals surface area contributed by atoms with Crippen LogP contribution >= 0.6 is 0 Å². The molecule has 1 aromatic rings. The number of hydrogen-bond acceptors (Lipinski definition) is 5. The van der Waals surface area contributed by atoms with E-state index in [1.165, 1.54) is 4.90 Å². The van der Waals surface area contributed by atoms with Gasteiger partial charge in [-0.3, -0.25) is 9.59 Å². The van der Waals surface area contributed by atoms with Crippen LogP contribution in [0.25, 0.3) is 0 Å². The monoisotopic (exact) mass is 351 g/mol. The van der Waals surface area contributed by atoms with Crippen LogP contribution in [0.3, 0.4) is 0 Å². The van der Waals surface area contributed by atoms with E-state index >= 15 is 0 Å². The third kappa shape index (κ3) is 3.31. The molecule has 1 saturated heterocycles. The second-order valence-electron chi connectivity index (χ2n) is 6.59. The molecular weight excluding hydrogens is 330 g/mol. The molecular formula is C17H21NO5S. The van der Waals surface area contributed by atoms with Gasteiger partial charge in [-0.2, -0.15) is 0 Å². The highest BCUT2D eigenvalue weighted by atomic mass is 32.2. The Balaban J connectivity index is 1.56. The minimum atomic E-state index is -3.06. The highest BCUT2D eigenvalue weighted by Gasteiger charge is 2.52. The highest BCUT2D eigenvalue weighted by molar-refractivity contribution is 7.91. The molecule has 3 rings (SSSR count). The zero-order valence-corrected chi connectivity index (χ0v) is 14.4. The summed E-state index contributed by atoms with van der Waals surface area (Å²) in [6, 6.07) is 9.10. The fourth-order valence-electron chi connectivity index (χ4n) is 3.14. The van der Waals surface area contributed by atoms with Crippen molar-refractivity contribution >= 4 is 21.7 Å². The van der Waals surface area contributed by atoms with E-state index in [1.807, 2.05) is 30.3 Å². The predicted octanol–water partition coefficient (Wildman–Crippen LogP) is 0.907. The summed E-state index contributed by atoms with van der Waals surface area (Å²) in [6.45, 7) is -0.347. The molecule has 24 heavy (non-hydrogen) atoms. The molecule has 6 nitrogen and oxygen atoms in total. The van der Waals surface area contributed by atoms with E-state index in [1.54, 1.807) is 7.05 Å². The molecule has 7 heteroatoms. The van der Waals surface area contributed by atoms with E-state index in [4.69, 9.17) is 4.74 Å². The normalized spacial score (nSPS) is 23.5. The molecule has 0 N–H and O–H groups in total. The van der Waals surface area contributed by atoms with Crippen molar-refractivity contribution in [3.05, 3.63) is 35.9 Å². The Labute approximate surface area is 141 Å². The molecule has 0 aromatic heterocycles. The topological polar surface area (TPSA) is 80.8 Å². The van der Waals surface area contributed by atoms with E-state index in [9.17, 15) is 18.0 Å². The second-order valence-corrected chi connectivity index (χ2v) is 8.81. The van der Waals surface area contributed by atoms with E-state index in [-0.39, 0.29) is 36.0 Å². The standard InChI is InChI=1S/C17H21NO5S/c1-18(14-7-10-24(21,22)12-14)15(19)11-23-16(20)17(8-9-17)13-5-3-2-4-6-13/h2-6,14H,7-12H2,1H3/t14-/m0/s1. The van der Waals surface area contributed by atoms with Gasteiger partial charge in [0.05, 0.1) is 16.9 Å². The number of hydrogen-bond donors (Lipinski definition) is 0. The molecule has 0 bridgehead atoms. The summed E-state index contributed by atoms with van der Waals surface area (Å²) in [5.74, 6) is -0.660. The van der Waals surface area contributed by atoms with Crippen molar-refractivity contribution in [3.8, 4) is 0 Å². The van der Waals surface area contributed by atoms with E-state index < -0.39 is 15.3 Å². The summed E-state index contributed by atoms with van der Waals surface area (Å²) in [7, 11) is -1.49. The first-order chi connectivity index (χ1) is 11.3. The Kier molecular flexibility index (Phi) is 4.38. The molecule has 1 aliphatic heterocycles. The minimum Gasteiger partial charge on any atom is -0.455 e. The van der Waals surface area contributed by atoms with Gasteiger partial charge in [-0.25, -0.2) is 8.42 Å². The van der Waals surface area contributed by atoms with Crippen molar-refractivity contribution in [2.45, 2.75) is 30.7 Å². The van der Waals surface area contributed by atoms with Crippen molar-refractivity contribution in [1.82, 2.24) is 4.90 Å². The maximum atomic E-state index is 12.4. The van der Waals surface area contributed by atoms with Gasteiger partial charge < -0.3 is 9.64 Å². The lowest BCUT2D eigenvalue weighted by Gasteiger charge is -2.23. The Hall–Kier alpha value is -1.89. The van der Waals surface area contributed by atoms with Crippen molar-refractivity contribution in [2.24, 2.45) is 0 Å². The first kappa shape index (κ1) is 17.0. The Bertz CT molecular complexity index is 740. The molecule has 1 aromatic carbocycles. The molecule has 2 aliphatic rings. The smallest absolute Gasteiger partial charge is 0.317 e. The Morgan fingerprint density at radius 2 is 1.92 bits per heavy atom. The molecule has 1 saturated carbocycles. The quantitative estimate of drug-likeness (QED) is 0.737. The van der Waals surface area contributed by atoms with Gasteiger partial charge >= 0.3 is 5.97 Å². The summed E-state index contributed by atoms with van der Waals surface area (Å²) < 4.78 is 28.3. The van der Waals surface area contributed by atoms with Gasteiger partial charge in [-0.1, -0.05) is 30.3 Å². The summed E-state index contributed by atoms with van der Waals surface area (Å²) in [5.41, 5.74) is 0.300. The maximum Gasteiger partial charge on any atom is 0.317 e. The number of esters is 1. The van der Waals surface area contributed by atoms with Crippen LogP contribution in [-0.2, 0) is 29.6 Å². The number of rotatable bonds is 5. The first-order valence-corrected chi connectivity index (χ1v) is 9.85. The van der Waals surface area contributed by atoms with Gasteiger partial charge in [0.15, 0.2) is 16.4 Å². The van der Waals surface area contributed by atoms with Gasteiger partial charge in [0.25, 0.3) is 5.91 Å².